The Balaban J connectivity index is 3.40. The van der Waals surface area contributed by atoms with Crippen LogP contribution in [0.4, 0.5) is 0 Å². The zero-order valence-corrected chi connectivity index (χ0v) is 28.6. The van der Waals surface area contributed by atoms with Crippen LogP contribution in [0, 0.1) is 11.8 Å². The van der Waals surface area contributed by atoms with E-state index >= 15 is 0 Å². The quantitative estimate of drug-likeness (QED) is 0.0617. The Hall–Kier alpha value is -1.10. The Morgan fingerprint density at radius 3 is 0.929 bits per heavy atom. The molecule has 0 spiro atoms. The smallest absolute Gasteiger partial charge is 0.305 e. The molecule has 0 aliphatic rings. The maximum Gasteiger partial charge on any atom is 0.305 e. The molecule has 0 aliphatic heterocycles. The van der Waals surface area contributed by atoms with Crippen LogP contribution in [-0.4, -0.2) is 36.4 Å². The number of aliphatic hydroxyl groups excluding tert-OH is 1. The monoisotopic (exact) mass is 597 g/mol. The van der Waals surface area contributed by atoms with E-state index in [1.54, 1.807) is 0 Å². The van der Waals surface area contributed by atoms with Crippen LogP contribution in [0.3, 0.4) is 0 Å². The Morgan fingerprint density at radius 1 is 0.429 bits per heavy atom. The molecule has 1 atom stereocenters. The first-order chi connectivity index (χ1) is 20.3. The zero-order valence-electron chi connectivity index (χ0n) is 28.6. The van der Waals surface area contributed by atoms with Gasteiger partial charge in [-0.25, -0.2) is 0 Å². The van der Waals surface area contributed by atoms with Crippen molar-refractivity contribution in [1.82, 2.24) is 0 Å². The molecular weight excluding hydrogens is 524 g/mol. The highest BCUT2D eigenvalue weighted by Crippen LogP contribution is 2.16. The summed E-state index contributed by atoms with van der Waals surface area (Å²) in [5, 5.41) is 9.98. The lowest BCUT2D eigenvalue weighted by molar-refractivity contribution is -0.152. The molecule has 250 valence electrons. The molecule has 0 aromatic heterocycles. The molecule has 0 aliphatic carbocycles. The van der Waals surface area contributed by atoms with Gasteiger partial charge >= 0.3 is 11.9 Å². The third-order valence-corrected chi connectivity index (χ3v) is 8.20. The van der Waals surface area contributed by atoms with Gasteiger partial charge < -0.3 is 14.6 Å². The van der Waals surface area contributed by atoms with Gasteiger partial charge in [0.05, 0.1) is 0 Å². The van der Waals surface area contributed by atoms with Crippen LogP contribution < -0.4 is 0 Å². The third-order valence-electron chi connectivity index (χ3n) is 8.20. The molecule has 5 nitrogen and oxygen atoms in total. The molecule has 1 N–H and O–H groups in total. The molecular formula is C37H72O5. The highest BCUT2D eigenvalue weighted by molar-refractivity contribution is 5.69. The second kappa shape index (κ2) is 31.3. The van der Waals surface area contributed by atoms with Crippen LogP contribution in [0.15, 0.2) is 0 Å². The zero-order chi connectivity index (χ0) is 31.1. The minimum absolute atomic E-state index is 0.110. The van der Waals surface area contributed by atoms with E-state index in [0.717, 1.165) is 43.9 Å². The topological polar surface area (TPSA) is 72.8 Å². The fourth-order valence-electron chi connectivity index (χ4n) is 5.40. The summed E-state index contributed by atoms with van der Waals surface area (Å²) in [6, 6.07) is 0. The maximum absolute atomic E-state index is 11.9. The first kappa shape index (κ1) is 40.9. The molecule has 0 unspecified atom stereocenters. The first-order valence-electron chi connectivity index (χ1n) is 18.3. The summed E-state index contributed by atoms with van der Waals surface area (Å²) in [5.41, 5.74) is 0. The van der Waals surface area contributed by atoms with Crippen molar-refractivity contribution < 1.29 is 24.2 Å². The third kappa shape index (κ3) is 33.4. The fourth-order valence-corrected chi connectivity index (χ4v) is 5.40. The van der Waals surface area contributed by atoms with Gasteiger partial charge in [0, 0.05) is 12.8 Å². The molecule has 0 saturated carbocycles. The molecule has 42 heavy (non-hydrogen) atoms. The molecule has 0 rings (SSSR count). The van der Waals surface area contributed by atoms with Gasteiger partial charge in [0.2, 0.25) is 0 Å². The van der Waals surface area contributed by atoms with Crippen LogP contribution in [-0.2, 0) is 19.1 Å². The second-order valence-corrected chi connectivity index (χ2v) is 13.7. The standard InChI is InChI=1S/C37H72O5/c1-33(2)27-23-19-15-11-7-5-6-8-13-17-21-25-29-36(39)41-31-35(38)32-42-37(40)30-26-22-18-14-10-9-12-16-20-24-28-34(3)4/h33-35,38H,5-32H2,1-4H3/t35-/m1/s1. The molecule has 5 heteroatoms. The summed E-state index contributed by atoms with van der Waals surface area (Å²) < 4.78 is 10.3. The number of hydrogen-bond donors (Lipinski definition) is 1. The van der Waals surface area contributed by atoms with Gasteiger partial charge in [0.15, 0.2) is 0 Å². The number of hydrogen-bond acceptors (Lipinski definition) is 5. The molecule has 0 bridgehead atoms. The van der Waals surface area contributed by atoms with E-state index in [2.05, 4.69) is 27.7 Å². The molecule has 0 aromatic rings. The van der Waals surface area contributed by atoms with Crippen LogP contribution in [0.2, 0.25) is 0 Å². The summed E-state index contributed by atoms with van der Waals surface area (Å²) in [6.07, 6.45) is 30.1. The number of carbonyl (C=O) groups excluding carboxylic acids is 2. The lowest BCUT2D eigenvalue weighted by Gasteiger charge is -2.12. The van der Waals surface area contributed by atoms with Crippen molar-refractivity contribution >= 4 is 11.9 Å². The Labute approximate surface area is 261 Å². The van der Waals surface area contributed by atoms with E-state index in [1.165, 1.54) is 122 Å². The number of esters is 2. The molecule has 0 radical (unpaired) electrons. The van der Waals surface area contributed by atoms with Gasteiger partial charge in [-0.2, -0.15) is 0 Å². The Bertz CT molecular complexity index is 589. The van der Waals surface area contributed by atoms with Gasteiger partial charge in [0.1, 0.15) is 19.3 Å². The minimum atomic E-state index is -0.955. The lowest BCUT2D eigenvalue weighted by atomic mass is 10.0. The van der Waals surface area contributed by atoms with Crippen molar-refractivity contribution in [3.05, 3.63) is 0 Å². The van der Waals surface area contributed by atoms with Gasteiger partial charge in [-0.15, -0.1) is 0 Å². The van der Waals surface area contributed by atoms with E-state index in [9.17, 15) is 14.7 Å². The lowest BCUT2D eigenvalue weighted by Crippen LogP contribution is -2.25. The van der Waals surface area contributed by atoms with Crippen molar-refractivity contribution in [2.45, 2.75) is 201 Å². The summed E-state index contributed by atoms with van der Waals surface area (Å²) in [7, 11) is 0. The normalized spacial score (nSPS) is 12.3. The van der Waals surface area contributed by atoms with E-state index in [1.807, 2.05) is 0 Å². The number of carbonyl (C=O) groups is 2. The van der Waals surface area contributed by atoms with Gasteiger partial charge in [-0.3, -0.25) is 9.59 Å². The average Bonchev–Trinajstić information content (AvgIpc) is 2.95. The predicted octanol–water partition coefficient (Wildman–Crippen LogP) is 10.9. The number of aliphatic hydroxyl groups is 1. The summed E-state index contributed by atoms with van der Waals surface area (Å²) in [5.74, 6) is 1.11. The SMILES string of the molecule is CC(C)CCCCCCCCCCCCCCC(=O)OC[C@@H](O)COC(=O)CCCCCCCCCCCCC(C)C. The fraction of sp³-hybridized carbons (Fsp3) is 0.946. The summed E-state index contributed by atoms with van der Waals surface area (Å²) in [6.45, 7) is 8.99. The molecule has 0 amide bonds. The van der Waals surface area contributed by atoms with Crippen LogP contribution in [0.5, 0.6) is 0 Å². The average molecular weight is 597 g/mol. The van der Waals surface area contributed by atoms with Crippen LogP contribution in [0.1, 0.15) is 195 Å². The Kier molecular flexibility index (Phi) is 30.5. The van der Waals surface area contributed by atoms with Gasteiger partial charge in [-0.1, -0.05) is 169 Å². The van der Waals surface area contributed by atoms with Crippen molar-refractivity contribution in [3.8, 4) is 0 Å². The van der Waals surface area contributed by atoms with Crippen molar-refractivity contribution in [2.75, 3.05) is 13.2 Å². The molecule has 0 heterocycles. The van der Waals surface area contributed by atoms with E-state index in [0.29, 0.717) is 12.8 Å². The maximum atomic E-state index is 11.9. The number of rotatable bonds is 32. The van der Waals surface area contributed by atoms with Gasteiger partial charge in [0.25, 0.3) is 0 Å². The Morgan fingerprint density at radius 2 is 0.667 bits per heavy atom. The van der Waals surface area contributed by atoms with Crippen molar-refractivity contribution in [1.29, 1.82) is 0 Å². The molecule has 0 fully saturated rings. The highest BCUT2D eigenvalue weighted by Gasteiger charge is 2.12. The highest BCUT2D eigenvalue weighted by atomic mass is 16.6. The van der Waals surface area contributed by atoms with Crippen molar-refractivity contribution in [3.63, 3.8) is 0 Å². The molecule has 0 saturated heterocycles. The van der Waals surface area contributed by atoms with Crippen molar-refractivity contribution in [2.24, 2.45) is 11.8 Å². The van der Waals surface area contributed by atoms with E-state index in [-0.39, 0.29) is 25.2 Å². The molecule has 0 aromatic carbocycles. The number of ether oxygens (including phenoxy) is 2. The van der Waals surface area contributed by atoms with E-state index < -0.39 is 6.10 Å². The summed E-state index contributed by atoms with van der Waals surface area (Å²) >= 11 is 0. The van der Waals surface area contributed by atoms with Crippen LogP contribution in [0.25, 0.3) is 0 Å². The number of unbranched alkanes of at least 4 members (excludes halogenated alkanes) is 20. The van der Waals surface area contributed by atoms with E-state index in [4.69, 9.17) is 9.47 Å². The van der Waals surface area contributed by atoms with Gasteiger partial charge in [-0.05, 0) is 24.7 Å². The largest absolute Gasteiger partial charge is 0.463 e. The first-order valence-corrected chi connectivity index (χ1v) is 18.3. The summed E-state index contributed by atoms with van der Waals surface area (Å²) in [4.78, 5) is 23.8. The predicted molar refractivity (Wildman–Crippen MR) is 178 cm³/mol. The van der Waals surface area contributed by atoms with Crippen LogP contribution >= 0.6 is 0 Å². The second-order valence-electron chi connectivity index (χ2n) is 13.7. The minimum Gasteiger partial charge on any atom is -0.463 e.